The molecule has 0 heterocycles. The van der Waals surface area contributed by atoms with E-state index in [0.717, 1.165) is 16.7 Å². The van der Waals surface area contributed by atoms with Crippen LogP contribution in [0.25, 0.3) is 0 Å². The minimum Gasteiger partial charge on any atom is -0.497 e. The lowest BCUT2D eigenvalue weighted by Gasteiger charge is -2.32. The number of benzene rings is 3. The van der Waals surface area contributed by atoms with Crippen molar-refractivity contribution in [2.24, 2.45) is 0 Å². The number of nitrogens with one attached hydrogen (secondary N) is 1. The molecule has 5 nitrogen and oxygen atoms in total. The van der Waals surface area contributed by atoms with Crippen molar-refractivity contribution in [3.8, 4) is 5.75 Å². The van der Waals surface area contributed by atoms with E-state index >= 15 is 0 Å². The van der Waals surface area contributed by atoms with Gasteiger partial charge in [-0.25, -0.2) is 0 Å². The van der Waals surface area contributed by atoms with Crippen LogP contribution in [0.5, 0.6) is 5.75 Å². The number of rotatable bonds is 10. The Balaban J connectivity index is 1.98. The molecule has 0 aromatic heterocycles. The summed E-state index contributed by atoms with van der Waals surface area (Å²) in [6.07, 6.45) is 0.551. The molecule has 6 heteroatoms. The van der Waals surface area contributed by atoms with Crippen molar-refractivity contribution in [2.45, 2.75) is 45.3 Å². The summed E-state index contributed by atoms with van der Waals surface area (Å²) < 4.78 is 5.36. The summed E-state index contributed by atoms with van der Waals surface area (Å²) in [7, 11) is 1.61. The van der Waals surface area contributed by atoms with E-state index in [1.807, 2.05) is 80.6 Å². The van der Waals surface area contributed by atoms with Crippen LogP contribution >= 0.6 is 11.6 Å². The van der Waals surface area contributed by atoms with Crippen LogP contribution in [0.15, 0.2) is 78.9 Å². The van der Waals surface area contributed by atoms with Crippen LogP contribution in [-0.2, 0) is 29.0 Å². The molecule has 0 radical (unpaired) electrons. The molecule has 0 aliphatic carbocycles. The van der Waals surface area contributed by atoms with Gasteiger partial charge in [0, 0.05) is 24.0 Å². The van der Waals surface area contributed by atoms with E-state index in [2.05, 4.69) is 5.32 Å². The molecule has 34 heavy (non-hydrogen) atoms. The van der Waals surface area contributed by atoms with E-state index in [-0.39, 0.29) is 30.8 Å². The summed E-state index contributed by atoms with van der Waals surface area (Å²) in [4.78, 5) is 28.7. The molecule has 3 rings (SSSR count). The normalized spacial score (nSPS) is 11.7. The Bertz CT molecular complexity index is 1100. The average molecular weight is 479 g/mol. The van der Waals surface area contributed by atoms with Crippen molar-refractivity contribution in [3.05, 3.63) is 101 Å². The minimum atomic E-state index is -0.678. The quantitative estimate of drug-likeness (QED) is 0.443. The fourth-order valence-corrected chi connectivity index (χ4v) is 4.04. The topological polar surface area (TPSA) is 58.6 Å². The van der Waals surface area contributed by atoms with E-state index < -0.39 is 6.04 Å². The molecule has 0 spiro atoms. The first-order chi connectivity index (χ1) is 16.4. The first-order valence-electron chi connectivity index (χ1n) is 11.4. The molecule has 0 saturated carbocycles. The van der Waals surface area contributed by atoms with Gasteiger partial charge in [0.1, 0.15) is 11.8 Å². The SMILES string of the molecule is COc1cccc(CN(C(=O)Cc2cccc(Cl)c2)[C@H](Cc2ccccc2)C(=O)NC(C)C)c1. The van der Waals surface area contributed by atoms with Gasteiger partial charge in [-0.2, -0.15) is 0 Å². The zero-order valence-electron chi connectivity index (χ0n) is 19.8. The number of carbonyl (C=O) groups is 2. The van der Waals surface area contributed by atoms with Gasteiger partial charge < -0.3 is 15.0 Å². The molecule has 3 aromatic carbocycles. The summed E-state index contributed by atoms with van der Waals surface area (Å²) in [6, 6.07) is 23.8. The number of amides is 2. The highest BCUT2D eigenvalue weighted by Gasteiger charge is 2.30. The average Bonchev–Trinajstić information content (AvgIpc) is 2.81. The van der Waals surface area contributed by atoms with Gasteiger partial charge >= 0.3 is 0 Å². The molecule has 178 valence electrons. The third kappa shape index (κ3) is 7.35. The maximum Gasteiger partial charge on any atom is 0.243 e. The predicted octanol–water partition coefficient (Wildman–Crippen LogP) is 5.06. The molecule has 2 amide bonds. The van der Waals surface area contributed by atoms with Crippen molar-refractivity contribution in [3.63, 3.8) is 0 Å². The number of halogens is 1. The highest BCUT2D eigenvalue weighted by Crippen LogP contribution is 2.20. The van der Waals surface area contributed by atoms with Crippen molar-refractivity contribution in [2.75, 3.05) is 7.11 Å². The van der Waals surface area contributed by atoms with Gasteiger partial charge in [0.05, 0.1) is 13.5 Å². The summed E-state index contributed by atoms with van der Waals surface area (Å²) in [5.41, 5.74) is 2.67. The minimum absolute atomic E-state index is 0.0486. The second kappa shape index (κ2) is 12.2. The molecule has 1 N–H and O–H groups in total. The molecule has 0 aliphatic heterocycles. The number of carbonyl (C=O) groups excluding carboxylic acids is 2. The van der Waals surface area contributed by atoms with Crippen molar-refractivity contribution in [1.82, 2.24) is 10.2 Å². The lowest BCUT2D eigenvalue weighted by atomic mass is 10.0. The van der Waals surface area contributed by atoms with Gasteiger partial charge in [-0.3, -0.25) is 9.59 Å². The molecule has 0 aliphatic rings. The Kier molecular flexibility index (Phi) is 9.11. The molecular formula is C28H31ClN2O3. The van der Waals surface area contributed by atoms with Crippen LogP contribution in [0.2, 0.25) is 5.02 Å². The number of ether oxygens (including phenoxy) is 1. The fraction of sp³-hybridized carbons (Fsp3) is 0.286. The zero-order valence-corrected chi connectivity index (χ0v) is 20.6. The van der Waals surface area contributed by atoms with E-state index in [1.54, 1.807) is 24.1 Å². The van der Waals surface area contributed by atoms with Crippen LogP contribution in [0, 0.1) is 0 Å². The number of nitrogens with zero attached hydrogens (tertiary/aromatic N) is 1. The maximum atomic E-state index is 13.7. The number of hydrogen-bond donors (Lipinski definition) is 1. The van der Waals surface area contributed by atoms with E-state index in [0.29, 0.717) is 17.2 Å². The molecule has 3 aromatic rings. The first kappa shape index (κ1) is 25.3. The molecule has 1 atom stereocenters. The largest absolute Gasteiger partial charge is 0.497 e. The Morgan fingerprint density at radius 1 is 0.912 bits per heavy atom. The van der Waals surface area contributed by atoms with E-state index in [4.69, 9.17) is 16.3 Å². The van der Waals surface area contributed by atoms with E-state index in [9.17, 15) is 9.59 Å². The predicted molar refractivity (Wildman–Crippen MR) is 136 cm³/mol. The highest BCUT2D eigenvalue weighted by molar-refractivity contribution is 6.30. The fourth-order valence-electron chi connectivity index (χ4n) is 3.83. The van der Waals surface area contributed by atoms with Gasteiger partial charge in [-0.15, -0.1) is 0 Å². The molecular weight excluding hydrogens is 448 g/mol. The van der Waals surface area contributed by atoms with Gasteiger partial charge in [0.15, 0.2) is 0 Å². The van der Waals surface area contributed by atoms with Crippen molar-refractivity contribution in [1.29, 1.82) is 0 Å². The smallest absolute Gasteiger partial charge is 0.243 e. The van der Waals surface area contributed by atoms with Crippen molar-refractivity contribution >= 4 is 23.4 Å². The summed E-state index contributed by atoms with van der Waals surface area (Å²) >= 11 is 6.15. The second-order valence-corrected chi connectivity index (χ2v) is 8.99. The van der Waals surface area contributed by atoms with Crippen LogP contribution in [0.3, 0.4) is 0 Å². The number of methoxy groups -OCH3 is 1. The Labute approximate surface area is 206 Å². The Hall–Kier alpha value is -3.31. The van der Waals surface area contributed by atoms with Crippen LogP contribution in [0.4, 0.5) is 0 Å². The van der Waals surface area contributed by atoms with E-state index in [1.165, 1.54) is 0 Å². The Morgan fingerprint density at radius 2 is 1.59 bits per heavy atom. The van der Waals surface area contributed by atoms with Gasteiger partial charge in [0.2, 0.25) is 11.8 Å². The van der Waals surface area contributed by atoms with Crippen LogP contribution in [0.1, 0.15) is 30.5 Å². The molecule has 0 unspecified atom stereocenters. The lowest BCUT2D eigenvalue weighted by Crippen LogP contribution is -2.52. The van der Waals surface area contributed by atoms with Crippen LogP contribution < -0.4 is 10.1 Å². The first-order valence-corrected chi connectivity index (χ1v) is 11.7. The molecule has 0 fully saturated rings. The van der Waals surface area contributed by atoms with Gasteiger partial charge in [-0.05, 0) is 54.8 Å². The maximum absolute atomic E-state index is 13.7. The zero-order chi connectivity index (χ0) is 24.5. The monoisotopic (exact) mass is 478 g/mol. The third-order valence-corrected chi connectivity index (χ3v) is 5.67. The van der Waals surface area contributed by atoms with Crippen molar-refractivity contribution < 1.29 is 14.3 Å². The summed E-state index contributed by atoms with van der Waals surface area (Å²) in [5, 5.41) is 3.57. The summed E-state index contributed by atoms with van der Waals surface area (Å²) in [5.74, 6) is 0.372. The Morgan fingerprint density at radius 3 is 2.26 bits per heavy atom. The van der Waals surface area contributed by atoms with Gasteiger partial charge in [-0.1, -0.05) is 66.2 Å². The highest BCUT2D eigenvalue weighted by atomic mass is 35.5. The van der Waals surface area contributed by atoms with Gasteiger partial charge in [0.25, 0.3) is 0 Å². The second-order valence-electron chi connectivity index (χ2n) is 8.55. The molecule has 0 bridgehead atoms. The van der Waals surface area contributed by atoms with Crippen LogP contribution in [-0.4, -0.2) is 35.9 Å². The molecule has 0 saturated heterocycles. The summed E-state index contributed by atoms with van der Waals surface area (Å²) in [6.45, 7) is 4.11. The standard InChI is InChI=1S/C28H31ClN2O3/c1-20(2)30-28(33)26(17-21-9-5-4-6-10-21)31(19-23-12-8-14-25(16-23)34-3)27(32)18-22-11-7-13-24(29)15-22/h4-16,20,26H,17-19H2,1-3H3,(H,30,33)/t26-/m1/s1. The lowest BCUT2D eigenvalue weighted by molar-refractivity contribution is -0.141. The number of hydrogen-bond acceptors (Lipinski definition) is 3. The third-order valence-electron chi connectivity index (χ3n) is 5.43.